The highest BCUT2D eigenvalue weighted by molar-refractivity contribution is 7.53. The maximum atomic E-state index is 12.2. The van der Waals surface area contributed by atoms with Gasteiger partial charge in [0.05, 0.1) is 18.7 Å². The van der Waals surface area contributed by atoms with Gasteiger partial charge < -0.3 is 18.7 Å². The van der Waals surface area contributed by atoms with Gasteiger partial charge in [-0.3, -0.25) is 9.36 Å². The Labute approximate surface area is 114 Å². The Morgan fingerprint density at radius 1 is 1.26 bits per heavy atom. The molecule has 6 nitrogen and oxygen atoms in total. The van der Waals surface area contributed by atoms with Crippen molar-refractivity contribution in [3.63, 3.8) is 0 Å². The molecule has 19 heavy (non-hydrogen) atoms. The van der Waals surface area contributed by atoms with Crippen molar-refractivity contribution >= 4 is 13.6 Å². The third-order valence-electron chi connectivity index (χ3n) is 3.30. The first-order valence-electron chi connectivity index (χ1n) is 6.64. The molecule has 1 aliphatic heterocycles. The molecule has 1 unspecified atom stereocenters. The number of ether oxygens (including phenoxy) is 1. The lowest BCUT2D eigenvalue weighted by Crippen LogP contribution is -2.34. The molecular weight excluding hydrogens is 269 g/mol. The highest BCUT2D eigenvalue weighted by Gasteiger charge is 2.33. The first kappa shape index (κ1) is 16.6. The molecule has 112 valence electrons. The van der Waals surface area contributed by atoms with Crippen molar-refractivity contribution in [2.75, 3.05) is 46.6 Å². The predicted molar refractivity (Wildman–Crippen MR) is 72.3 cm³/mol. The van der Waals surface area contributed by atoms with Gasteiger partial charge in [-0.05, 0) is 32.9 Å². The van der Waals surface area contributed by atoms with E-state index in [1.54, 1.807) is 6.92 Å². The SMILES string of the molecule is CCOC(=O)C(CN1CCCC1)CP(=O)(OC)OC. The van der Waals surface area contributed by atoms with Gasteiger partial charge in [-0.1, -0.05) is 0 Å². The van der Waals surface area contributed by atoms with Gasteiger partial charge in [-0.25, -0.2) is 0 Å². The van der Waals surface area contributed by atoms with E-state index in [1.807, 2.05) is 0 Å². The van der Waals surface area contributed by atoms with Crippen LogP contribution < -0.4 is 0 Å². The van der Waals surface area contributed by atoms with Gasteiger partial charge in [-0.15, -0.1) is 0 Å². The van der Waals surface area contributed by atoms with E-state index in [0.29, 0.717) is 13.2 Å². The number of esters is 1. The van der Waals surface area contributed by atoms with Crippen molar-refractivity contribution in [2.24, 2.45) is 5.92 Å². The van der Waals surface area contributed by atoms with Gasteiger partial charge in [0.25, 0.3) is 0 Å². The molecule has 1 aliphatic rings. The molecule has 0 aromatic rings. The molecule has 0 spiro atoms. The van der Waals surface area contributed by atoms with E-state index in [2.05, 4.69) is 4.90 Å². The summed E-state index contributed by atoms with van der Waals surface area (Å²) in [5, 5.41) is 0. The Morgan fingerprint density at radius 2 is 1.84 bits per heavy atom. The lowest BCUT2D eigenvalue weighted by atomic mass is 10.1. The molecule has 0 radical (unpaired) electrons. The van der Waals surface area contributed by atoms with Crippen LogP contribution >= 0.6 is 7.60 Å². The van der Waals surface area contributed by atoms with Crippen molar-refractivity contribution < 1.29 is 23.1 Å². The third kappa shape index (κ3) is 5.22. The van der Waals surface area contributed by atoms with E-state index in [1.165, 1.54) is 14.2 Å². The van der Waals surface area contributed by atoms with Crippen LogP contribution in [0.15, 0.2) is 0 Å². The molecule has 7 heteroatoms. The summed E-state index contributed by atoms with van der Waals surface area (Å²) in [6, 6.07) is 0. The molecule has 1 saturated heterocycles. The fourth-order valence-electron chi connectivity index (χ4n) is 2.24. The normalized spacial score (nSPS) is 18.5. The van der Waals surface area contributed by atoms with E-state index in [0.717, 1.165) is 25.9 Å². The minimum atomic E-state index is -3.20. The van der Waals surface area contributed by atoms with Crippen molar-refractivity contribution in [1.29, 1.82) is 0 Å². The van der Waals surface area contributed by atoms with Crippen LogP contribution in [0.25, 0.3) is 0 Å². The van der Waals surface area contributed by atoms with Crippen LogP contribution in [0, 0.1) is 5.92 Å². The molecular formula is C12H24NO5P. The van der Waals surface area contributed by atoms with Crippen LogP contribution in [0.1, 0.15) is 19.8 Å². The minimum Gasteiger partial charge on any atom is -0.466 e. The second kappa shape index (κ2) is 8.00. The zero-order chi connectivity index (χ0) is 14.3. The number of hydrogen-bond donors (Lipinski definition) is 0. The second-order valence-corrected chi connectivity index (χ2v) is 6.93. The van der Waals surface area contributed by atoms with Crippen molar-refractivity contribution in [1.82, 2.24) is 4.90 Å². The van der Waals surface area contributed by atoms with Crippen LogP contribution in [-0.4, -0.2) is 57.5 Å². The summed E-state index contributed by atoms with van der Waals surface area (Å²) >= 11 is 0. The maximum absolute atomic E-state index is 12.2. The maximum Gasteiger partial charge on any atom is 0.331 e. The average molecular weight is 293 g/mol. The van der Waals surface area contributed by atoms with Gasteiger partial charge in [0.2, 0.25) is 0 Å². The summed E-state index contributed by atoms with van der Waals surface area (Å²) in [6.45, 7) is 4.58. The summed E-state index contributed by atoms with van der Waals surface area (Å²) in [4.78, 5) is 14.2. The molecule has 0 aliphatic carbocycles. The molecule has 1 heterocycles. The van der Waals surface area contributed by atoms with Crippen molar-refractivity contribution in [2.45, 2.75) is 19.8 Å². The highest BCUT2D eigenvalue weighted by atomic mass is 31.2. The van der Waals surface area contributed by atoms with Crippen molar-refractivity contribution in [3.8, 4) is 0 Å². The van der Waals surface area contributed by atoms with E-state index in [-0.39, 0.29) is 12.1 Å². The summed E-state index contributed by atoms with van der Waals surface area (Å²) < 4.78 is 27.1. The third-order valence-corrected chi connectivity index (χ3v) is 5.30. The Hall–Kier alpha value is -0.420. The van der Waals surface area contributed by atoms with Crippen molar-refractivity contribution in [3.05, 3.63) is 0 Å². The first-order chi connectivity index (χ1) is 9.04. The lowest BCUT2D eigenvalue weighted by Gasteiger charge is -2.24. The Bertz CT molecular complexity index is 322. The first-order valence-corrected chi connectivity index (χ1v) is 8.37. The average Bonchev–Trinajstić information content (AvgIpc) is 2.91. The van der Waals surface area contributed by atoms with E-state index < -0.39 is 13.5 Å². The fraction of sp³-hybridized carbons (Fsp3) is 0.917. The molecule has 0 amide bonds. The number of carbonyl (C=O) groups excluding carboxylic acids is 1. The Morgan fingerprint density at radius 3 is 2.32 bits per heavy atom. The largest absolute Gasteiger partial charge is 0.466 e. The number of rotatable bonds is 8. The van der Waals surface area contributed by atoms with Gasteiger partial charge >= 0.3 is 13.6 Å². The monoisotopic (exact) mass is 293 g/mol. The number of likely N-dealkylation sites (tertiary alicyclic amines) is 1. The van der Waals surface area contributed by atoms with Gasteiger partial charge in [0, 0.05) is 20.8 Å². The Kier molecular flexibility index (Phi) is 7.00. The molecule has 0 bridgehead atoms. The molecule has 1 atom stereocenters. The summed E-state index contributed by atoms with van der Waals surface area (Å²) in [5.41, 5.74) is 0. The molecule has 0 N–H and O–H groups in total. The van der Waals surface area contributed by atoms with Gasteiger partial charge in [0.15, 0.2) is 0 Å². The molecule has 1 rings (SSSR count). The molecule has 0 aromatic carbocycles. The van der Waals surface area contributed by atoms with Crippen LogP contribution in [0.2, 0.25) is 0 Å². The second-order valence-electron chi connectivity index (χ2n) is 4.62. The highest BCUT2D eigenvalue weighted by Crippen LogP contribution is 2.48. The molecule has 0 aromatic heterocycles. The zero-order valence-electron chi connectivity index (χ0n) is 12.0. The number of carbonyl (C=O) groups is 1. The summed E-state index contributed by atoms with van der Waals surface area (Å²) in [6.07, 6.45) is 2.35. The Balaban J connectivity index is 2.67. The van der Waals surface area contributed by atoms with E-state index in [9.17, 15) is 9.36 Å². The minimum absolute atomic E-state index is 0.0648. The predicted octanol–water partition coefficient (Wildman–Crippen LogP) is 1.75. The summed E-state index contributed by atoms with van der Waals surface area (Å²) in [5.74, 6) is -0.799. The van der Waals surface area contributed by atoms with Gasteiger partial charge in [-0.2, -0.15) is 0 Å². The zero-order valence-corrected chi connectivity index (χ0v) is 12.9. The molecule has 0 saturated carbocycles. The topological polar surface area (TPSA) is 65.1 Å². The van der Waals surface area contributed by atoms with Crippen LogP contribution in [-0.2, 0) is 23.1 Å². The van der Waals surface area contributed by atoms with E-state index in [4.69, 9.17) is 13.8 Å². The van der Waals surface area contributed by atoms with Crippen LogP contribution in [0.4, 0.5) is 0 Å². The smallest absolute Gasteiger partial charge is 0.331 e. The van der Waals surface area contributed by atoms with Gasteiger partial charge in [0.1, 0.15) is 0 Å². The number of hydrogen-bond acceptors (Lipinski definition) is 6. The molecule has 1 fully saturated rings. The lowest BCUT2D eigenvalue weighted by molar-refractivity contribution is -0.147. The van der Waals surface area contributed by atoms with Crippen LogP contribution in [0.5, 0.6) is 0 Å². The fourth-order valence-corrected chi connectivity index (χ4v) is 3.49. The standard InChI is InChI=1S/C12H24NO5P/c1-4-18-12(14)11(9-13-7-5-6-8-13)10-19(15,16-2)17-3/h11H,4-10H2,1-3H3. The summed E-state index contributed by atoms with van der Waals surface area (Å²) in [7, 11) is -0.528. The quantitative estimate of drug-likeness (QED) is 0.502. The number of nitrogens with zero attached hydrogens (tertiary/aromatic N) is 1. The van der Waals surface area contributed by atoms with E-state index >= 15 is 0 Å². The van der Waals surface area contributed by atoms with Crippen LogP contribution in [0.3, 0.4) is 0 Å².